The van der Waals surface area contributed by atoms with Crippen LogP contribution in [0.1, 0.15) is 19.0 Å². The van der Waals surface area contributed by atoms with Crippen molar-refractivity contribution in [3.05, 3.63) is 24.0 Å². The Balaban J connectivity index is 2.09. The van der Waals surface area contributed by atoms with Gasteiger partial charge in [-0.15, -0.1) is 0 Å². The summed E-state index contributed by atoms with van der Waals surface area (Å²) in [4.78, 5) is 3.66. The van der Waals surface area contributed by atoms with Crippen LogP contribution in [0.2, 0.25) is 0 Å². The minimum Gasteiger partial charge on any atom is -0.386 e. The van der Waals surface area contributed by atoms with Gasteiger partial charge in [0.2, 0.25) is 10.0 Å². The first kappa shape index (κ1) is 14.9. The van der Waals surface area contributed by atoms with Crippen molar-refractivity contribution < 1.29 is 18.3 Å². The van der Waals surface area contributed by atoms with Gasteiger partial charge in [0.05, 0.1) is 6.10 Å². The van der Waals surface area contributed by atoms with Crippen molar-refractivity contribution in [3.63, 3.8) is 0 Å². The monoisotopic (exact) mass is 297 g/mol. The molecule has 0 saturated carbocycles. The van der Waals surface area contributed by atoms with Gasteiger partial charge in [-0.25, -0.2) is 18.1 Å². The summed E-state index contributed by atoms with van der Waals surface area (Å²) in [5, 5.41) is 18.9. The lowest BCUT2D eigenvalue weighted by molar-refractivity contribution is -0.0228. The van der Waals surface area contributed by atoms with Crippen LogP contribution in [0.15, 0.2) is 23.2 Å². The average molecular weight is 297 g/mol. The van der Waals surface area contributed by atoms with Crippen molar-refractivity contribution >= 4 is 10.0 Å². The summed E-state index contributed by atoms with van der Waals surface area (Å²) in [5.41, 5.74) is -1.06. The van der Waals surface area contributed by atoms with Gasteiger partial charge in [-0.3, -0.25) is 0 Å². The Kier molecular flexibility index (Phi) is 4.06. The van der Waals surface area contributed by atoms with Crippen LogP contribution in [0.4, 0.5) is 0 Å². The second-order valence-electron chi connectivity index (χ2n) is 4.68. The third-order valence-corrected chi connectivity index (χ3v) is 4.78. The maximum Gasteiger partial charge on any atom is 0.242 e. The molecular weight excluding hydrogens is 282 g/mol. The van der Waals surface area contributed by atoms with E-state index in [2.05, 4.69) is 9.71 Å². The molecule has 1 aliphatic heterocycles. The number of hydrogen-bond acceptors (Lipinski definition) is 6. The predicted molar refractivity (Wildman–Crippen MR) is 69.1 cm³/mol. The summed E-state index contributed by atoms with van der Waals surface area (Å²) in [6, 6.07) is 4.43. The van der Waals surface area contributed by atoms with Crippen LogP contribution in [0.5, 0.6) is 0 Å². The van der Waals surface area contributed by atoms with Gasteiger partial charge in [0.1, 0.15) is 22.3 Å². The van der Waals surface area contributed by atoms with E-state index in [0.717, 1.165) is 6.20 Å². The fourth-order valence-electron chi connectivity index (χ4n) is 1.91. The van der Waals surface area contributed by atoms with E-state index in [-0.39, 0.29) is 17.1 Å². The van der Waals surface area contributed by atoms with Crippen molar-refractivity contribution in [2.45, 2.75) is 29.9 Å². The smallest absolute Gasteiger partial charge is 0.242 e. The topological polar surface area (TPSA) is 112 Å². The summed E-state index contributed by atoms with van der Waals surface area (Å²) in [7, 11) is -3.77. The lowest BCUT2D eigenvalue weighted by Crippen LogP contribution is -2.47. The minimum absolute atomic E-state index is 0.0494. The molecule has 8 heteroatoms. The molecule has 108 valence electrons. The van der Waals surface area contributed by atoms with Gasteiger partial charge in [-0.1, -0.05) is 0 Å². The Morgan fingerprint density at radius 1 is 1.65 bits per heavy atom. The molecule has 1 saturated heterocycles. The zero-order chi connectivity index (χ0) is 14.8. The van der Waals surface area contributed by atoms with Gasteiger partial charge < -0.3 is 9.84 Å². The number of hydrogen-bond donors (Lipinski definition) is 2. The van der Waals surface area contributed by atoms with Gasteiger partial charge in [0.15, 0.2) is 0 Å². The fourth-order valence-corrected chi connectivity index (χ4v) is 2.96. The molecule has 7 nitrogen and oxygen atoms in total. The SMILES string of the molecule is CC1OCCC1(O)CNS(=O)(=O)c1ccc(C#N)nc1. The molecule has 2 atom stereocenters. The van der Waals surface area contributed by atoms with Crippen LogP contribution >= 0.6 is 0 Å². The van der Waals surface area contributed by atoms with Crippen LogP contribution < -0.4 is 4.72 Å². The molecule has 0 radical (unpaired) electrons. The van der Waals surface area contributed by atoms with E-state index in [1.54, 1.807) is 6.92 Å². The lowest BCUT2D eigenvalue weighted by atomic mass is 9.97. The van der Waals surface area contributed by atoms with Crippen molar-refractivity contribution in [1.82, 2.24) is 9.71 Å². The number of aliphatic hydroxyl groups is 1. The van der Waals surface area contributed by atoms with Crippen molar-refractivity contribution in [3.8, 4) is 6.07 Å². The molecule has 0 aliphatic carbocycles. The molecule has 20 heavy (non-hydrogen) atoms. The molecule has 2 rings (SSSR count). The van der Waals surface area contributed by atoms with Crippen molar-refractivity contribution in [2.24, 2.45) is 0 Å². The average Bonchev–Trinajstić information content (AvgIpc) is 2.77. The number of nitrogens with one attached hydrogen (secondary N) is 1. The van der Waals surface area contributed by atoms with Crippen LogP contribution in [-0.4, -0.2) is 43.4 Å². The lowest BCUT2D eigenvalue weighted by Gasteiger charge is -2.25. The van der Waals surface area contributed by atoms with E-state index in [0.29, 0.717) is 13.0 Å². The standard InChI is InChI=1S/C12H15N3O4S/c1-9-12(16,4-5-19-9)8-15-20(17,18)11-3-2-10(6-13)14-7-11/h2-3,7,9,15-16H,4-5,8H2,1H3. The molecule has 2 unspecified atom stereocenters. The van der Waals surface area contributed by atoms with Gasteiger partial charge in [0.25, 0.3) is 0 Å². The molecule has 0 bridgehead atoms. The van der Waals surface area contributed by atoms with E-state index >= 15 is 0 Å². The Labute approximate surface area is 117 Å². The first-order chi connectivity index (χ1) is 9.37. The number of nitriles is 1. The quantitative estimate of drug-likeness (QED) is 0.794. The molecule has 1 aromatic rings. The van der Waals surface area contributed by atoms with Crippen LogP contribution in [0.3, 0.4) is 0 Å². The van der Waals surface area contributed by atoms with E-state index in [1.807, 2.05) is 6.07 Å². The summed E-state index contributed by atoms with van der Waals surface area (Å²) < 4.78 is 31.7. The highest BCUT2D eigenvalue weighted by atomic mass is 32.2. The van der Waals surface area contributed by atoms with Crippen LogP contribution in [0.25, 0.3) is 0 Å². The second kappa shape index (κ2) is 5.46. The van der Waals surface area contributed by atoms with Gasteiger partial charge in [-0.05, 0) is 19.1 Å². The number of ether oxygens (including phenoxy) is 1. The third-order valence-electron chi connectivity index (χ3n) is 3.39. The molecule has 2 N–H and O–H groups in total. The molecule has 1 aliphatic rings. The number of sulfonamides is 1. The first-order valence-corrected chi connectivity index (χ1v) is 7.55. The third kappa shape index (κ3) is 2.96. The van der Waals surface area contributed by atoms with E-state index in [1.165, 1.54) is 12.1 Å². The van der Waals surface area contributed by atoms with Crippen molar-refractivity contribution in [2.75, 3.05) is 13.2 Å². The van der Waals surface area contributed by atoms with E-state index in [9.17, 15) is 13.5 Å². The second-order valence-corrected chi connectivity index (χ2v) is 6.45. The molecule has 2 heterocycles. The minimum atomic E-state index is -3.77. The Morgan fingerprint density at radius 2 is 2.40 bits per heavy atom. The molecule has 1 fully saturated rings. The highest BCUT2D eigenvalue weighted by molar-refractivity contribution is 7.89. The maximum absolute atomic E-state index is 12.1. The molecule has 0 spiro atoms. The van der Waals surface area contributed by atoms with E-state index in [4.69, 9.17) is 10.00 Å². The highest BCUT2D eigenvalue weighted by Gasteiger charge is 2.40. The Morgan fingerprint density at radius 3 is 2.90 bits per heavy atom. The number of aromatic nitrogens is 1. The zero-order valence-corrected chi connectivity index (χ0v) is 11.7. The normalized spacial score (nSPS) is 26.4. The molecule has 1 aromatic heterocycles. The first-order valence-electron chi connectivity index (χ1n) is 6.07. The predicted octanol–water partition coefficient (Wildman–Crippen LogP) is -0.229. The largest absolute Gasteiger partial charge is 0.386 e. The number of nitrogens with zero attached hydrogens (tertiary/aromatic N) is 2. The van der Waals surface area contributed by atoms with Gasteiger partial charge in [0, 0.05) is 25.8 Å². The highest BCUT2D eigenvalue weighted by Crippen LogP contribution is 2.25. The molecular formula is C12H15N3O4S. The number of pyridine rings is 1. The van der Waals surface area contributed by atoms with E-state index < -0.39 is 21.7 Å². The molecule has 0 aromatic carbocycles. The zero-order valence-electron chi connectivity index (χ0n) is 10.9. The summed E-state index contributed by atoms with van der Waals surface area (Å²) in [5.74, 6) is 0. The summed E-state index contributed by atoms with van der Waals surface area (Å²) in [6.07, 6.45) is 1.06. The van der Waals surface area contributed by atoms with Crippen LogP contribution in [-0.2, 0) is 14.8 Å². The van der Waals surface area contributed by atoms with Crippen LogP contribution in [0, 0.1) is 11.3 Å². The molecule has 0 amide bonds. The van der Waals surface area contributed by atoms with Crippen molar-refractivity contribution in [1.29, 1.82) is 5.26 Å². The Hall–Kier alpha value is -1.53. The maximum atomic E-state index is 12.1. The summed E-state index contributed by atoms with van der Waals surface area (Å²) >= 11 is 0. The van der Waals surface area contributed by atoms with Gasteiger partial charge >= 0.3 is 0 Å². The van der Waals surface area contributed by atoms with Gasteiger partial charge in [-0.2, -0.15) is 5.26 Å². The number of rotatable bonds is 4. The Bertz CT molecular complexity index is 623. The fraction of sp³-hybridized carbons (Fsp3) is 0.500. The summed E-state index contributed by atoms with van der Waals surface area (Å²) in [6.45, 7) is 1.97.